The lowest BCUT2D eigenvalue weighted by atomic mass is 10.1. The van der Waals surface area contributed by atoms with Gasteiger partial charge in [0, 0.05) is 44.0 Å². The number of H-pyrrole nitrogens is 2. The summed E-state index contributed by atoms with van der Waals surface area (Å²) in [6, 6.07) is 2.86. The molecule has 1 fully saturated rings. The highest BCUT2D eigenvalue weighted by molar-refractivity contribution is 5.68. The van der Waals surface area contributed by atoms with E-state index in [2.05, 4.69) is 24.4 Å². The van der Waals surface area contributed by atoms with Gasteiger partial charge in [-0.25, -0.2) is 18.6 Å². The van der Waals surface area contributed by atoms with Gasteiger partial charge in [0.25, 0.3) is 11.1 Å². The molecular weight excluding hydrogens is 546 g/mol. The monoisotopic (exact) mass is 584 g/mol. The van der Waals surface area contributed by atoms with E-state index in [1.807, 2.05) is 34.6 Å². The first-order chi connectivity index (χ1) is 19.8. The highest BCUT2D eigenvalue weighted by Crippen LogP contribution is 2.20. The highest BCUT2D eigenvalue weighted by Gasteiger charge is 2.25. The second kappa shape index (κ2) is 12.8. The second-order valence-corrected chi connectivity index (χ2v) is 11.7. The SMILES string of the molecule is CC(C)c1c(/C=c2\[nH]c(=O)/c(=C/c3cc(F)ccc3F)[nH]c2=O)ncn1CCCN1CCN(C(=O)OC(C)(C)C)CC1. The van der Waals surface area contributed by atoms with Gasteiger partial charge < -0.3 is 24.2 Å². The molecule has 1 aliphatic rings. The number of carbonyl (C=O) groups is 1. The molecule has 1 amide bonds. The van der Waals surface area contributed by atoms with Crippen molar-refractivity contribution in [2.75, 3.05) is 32.7 Å². The Labute approximate surface area is 242 Å². The molecule has 12 heteroatoms. The van der Waals surface area contributed by atoms with Gasteiger partial charge in [0.05, 0.1) is 12.0 Å². The zero-order valence-electron chi connectivity index (χ0n) is 24.7. The Kier molecular flexibility index (Phi) is 9.45. The first-order valence-corrected chi connectivity index (χ1v) is 14.1. The summed E-state index contributed by atoms with van der Waals surface area (Å²) in [7, 11) is 0. The van der Waals surface area contributed by atoms with Crippen molar-refractivity contribution in [3.63, 3.8) is 0 Å². The summed E-state index contributed by atoms with van der Waals surface area (Å²) in [5.41, 5.74) is -0.431. The number of aromatic nitrogens is 4. The predicted octanol–water partition coefficient (Wildman–Crippen LogP) is 2.26. The summed E-state index contributed by atoms with van der Waals surface area (Å²) < 4.78 is 35.1. The number of hydrogen-bond acceptors (Lipinski definition) is 6. The lowest BCUT2D eigenvalue weighted by molar-refractivity contribution is 0.0144. The Bertz CT molecular complexity index is 1660. The van der Waals surface area contributed by atoms with E-state index in [9.17, 15) is 23.2 Å². The van der Waals surface area contributed by atoms with Crippen molar-refractivity contribution in [2.24, 2.45) is 0 Å². The Morgan fingerprint density at radius 1 is 1.02 bits per heavy atom. The lowest BCUT2D eigenvalue weighted by Gasteiger charge is -2.35. The molecule has 4 rings (SSSR count). The minimum Gasteiger partial charge on any atom is -0.444 e. The molecule has 42 heavy (non-hydrogen) atoms. The van der Waals surface area contributed by atoms with E-state index in [1.54, 1.807) is 11.2 Å². The third-order valence-corrected chi connectivity index (χ3v) is 6.88. The zero-order valence-corrected chi connectivity index (χ0v) is 24.7. The van der Waals surface area contributed by atoms with Crippen molar-refractivity contribution >= 4 is 18.2 Å². The first-order valence-electron chi connectivity index (χ1n) is 14.1. The fourth-order valence-corrected chi connectivity index (χ4v) is 4.88. The van der Waals surface area contributed by atoms with E-state index in [4.69, 9.17) is 4.74 Å². The fourth-order valence-electron chi connectivity index (χ4n) is 4.88. The van der Waals surface area contributed by atoms with Crippen molar-refractivity contribution < 1.29 is 18.3 Å². The van der Waals surface area contributed by atoms with Gasteiger partial charge in [0.1, 0.15) is 27.9 Å². The van der Waals surface area contributed by atoms with E-state index in [0.29, 0.717) is 25.3 Å². The maximum Gasteiger partial charge on any atom is 0.410 e. The molecular formula is C30H38F2N6O4. The molecule has 0 spiro atoms. The molecule has 3 heterocycles. The predicted molar refractivity (Wildman–Crippen MR) is 156 cm³/mol. The highest BCUT2D eigenvalue weighted by atomic mass is 19.1. The molecule has 226 valence electrons. The number of nitrogens with zero attached hydrogens (tertiary/aromatic N) is 4. The van der Waals surface area contributed by atoms with Crippen LogP contribution in [0.25, 0.3) is 12.2 Å². The van der Waals surface area contributed by atoms with Crippen LogP contribution in [0.4, 0.5) is 13.6 Å². The van der Waals surface area contributed by atoms with Gasteiger partial charge in [-0.2, -0.15) is 0 Å². The van der Waals surface area contributed by atoms with Crippen molar-refractivity contribution in [3.8, 4) is 0 Å². The third kappa shape index (κ3) is 7.81. The molecule has 0 radical (unpaired) electrons. The number of amides is 1. The van der Waals surface area contributed by atoms with Gasteiger partial charge in [-0.05, 0) is 70.0 Å². The maximum absolute atomic E-state index is 14.0. The molecule has 1 aliphatic heterocycles. The van der Waals surface area contributed by atoms with Gasteiger partial charge in [0.15, 0.2) is 0 Å². The molecule has 2 aromatic heterocycles. The van der Waals surface area contributed by atoms with Crippen molar-refractivity contribution in [2.45, 2.75) is 59.1 Å². The van der Waals surface area contributed by atoms with Crippen LogP contribution in [0.1, 0.15) is 63.9 Å². The number of ether oxygens (including phenoxy) is 1. The minimum absolute atomic E-state index is 0.00636. The summed E-state index contributed by atoms with van der Waals surface area (Å²) >= 11 is 0. The van der Waals surface area contributed by atoms with Crippen LogP contribution < -0.4 is 21.8 Å². The standard InChI is InChI=1S/C30H38F2N6O4/c1-19(2)26-23(17-25-28(40)34-24(27(39)35-25)16-20-15-21(31)7-8-22(20)32)33-18-38(26)10-6-9-36-11-13-37(14-12-36)29(41)42-30(3,4)5/h7-8,15-19H,6,9-14H2,1-5H3,(H,34,40)(H,35,39)/b24-16-,25-17-. The first kappa shape index (κ1) is 30.9. The Balaban J connectivity index is 1.45. The number of aromatic amines is 2. The maximum atomic E-state index is 14.0. The van der Waals surface area contributed by atoms with Gasteiger partial charge in [0.2, 0.25) is 0 Å². The largest absolute Gasteiger partial charge is 0.444 e. The van der Waals surface area contributed by atoms with E-state index in [-0.39, 0.29) is 28.3 Å². The van der Waals surface area contributed by atoms with Gasteiger partial charge >= 0.3 is 6.09 Å². The third-order valence-electron chi connectivity index (χ3n) is 6.88. The smallest absolute Gasteiger partial charge is 0.410 e. The Morgan fingerprint density at radius 2 is 1.67 bits per heavy atom. The fraction of sp³-hybridized carbons (Fsp3) is 0.467. The molecule has 0 aliphatic carbocycles. The summed E-state index contributed by atoms with van der Waals surface area (Å²) in [4.78, 5) is 51.3. The lowest BCUT2D eigenvalue weighted by Crippen LogP contribution is -2.50. The van der Waals surface area contributed by atoms with Crippen LogP contribution in [-0.4, -0.2) is 73.7 Å². The van der Waals surface area contributed by atoms with Crippen LogP contribution >= 0.6 is 0 Å². The average Bonchev–Trinajstić information content (AvgIpc) is 3.31. The number of piperazine rings is 1. The Morgan fingerprint density at radius 3 is 2.29 bits per heavy atom. The molecule has 1 aromatic carbocycles. The number of imidazole rings is 1. The topological polar surface area (TPSA) is 116 Å². The molecule has 0 unspecified atom stereocenters. The van der Waals surface area contributed by atoms with Crippen LogP contribution in [0.3, 0.4) is 0 Å². The number of carbonyl (C=O) groups excluding carboxylic acids is 1. The van der Waals surface area contributed by atoms with E-state index >= 15 is 0 Å². The van der Waals surface area contributed by atoms with Crippen molar-refractivity contribution in [1.82, 2.24) is 29.3 Å². The summed E-state index contributed by atoms with van der Waals surface area (Å²) in [5, 5.41) is -0.185. The number of benzene rings is 1. The quantitative estimate of drug-likeness (QED) is 0.440. The second-order valence-electron chi connectivity index (χ2n) is 11.7. The number of halogens is 2. The van der Waals surface area contributed by atoms with E-state index < -0.39 is 28.4 Å². The van der Waals surface area contributed by atoms with Crippen LogP contribution in [0.15, 0.2) is 34.1 Å². The van der Waals surface area contributed by atoms with Crippen LogP contribution in [0, 0.1) is 11.6 Å². The summed E-state index contributed by atoms with van der Waals surface area (Å²) in [6.45, 7) is 14.0. The number of hydrogen-bond donors (Lipinski definition) is 2. The summed E-state index contributed by atoms with van der Waals surface area (Å²) in [6.07, 6.45) is 4.92. The number of rotatable bonds is 7. The van der Waals surface area contributed by atoms with Crippen molar-refractivity contribution in [1.29, 1.82) is 0 Å². The molecule has 0 atom stereocenters. The molecule has 0 saturated carbocycles. The van der Waals surface area contributed by atoms with Gasteiger partial charge in [-0.3, -0.25) is 14.5 Å². The normalized spacial score (nSPS) is 15.6. The molecule has 1 saturated heterocycles. The van der Waals surface area contributed by atoms with Crippen LogP contribution in [-0.2, 0) is 11.3 Å². The molecule has 10 nitrogen and oxygen atoms in total. The molecule has 0 bridgehead atoms. The average molecular weight is 585 g/mol. The van der Waals surface area contributed by atoms with E-state index in [0.717, 1.165) is 56.0 Å². The minimum atomic E-state index is -0.720. The number of aryl methyl sites for hydroxylation is 1. The molecule has 2 N–H and O–H groups in total. The van der Waals surface area contributed by atoms with Gasteiger partial charge in [-0.1, -0.05) is 13.8 Å². The summed E-state index contributed by atoms with van der Waals surface area (Å²) in [5.74, 6) is -1.29. The Hall–Kier alpha value is -4.06. The van der Waals surface area contributed by atoms with Crippen molar-refractivity contribution in [3.05, 3.63) is 84.5 Å². The molecule has 3 aromatic rings. The van der Waals surface area contributed by atoms with E-state index in [1.165, 1.54) is 6.08 Å². The van der Waals surface area contributed by atoms with Crippen LogP contribution in [0.5, 0.6) is 0 Å². The van der Waals surface area contributed by atoms with Gasteiger partial charge in [-0.15, -0.1) is 0 Å². The zero-order chi connectivity index (χ0) is 30.6. The number of nitrogens with one attached hydrogen (secondary N) is 2. The van der Waals surface area contributed by atoms with Crippen LogP contribution in [0.2, 0.25) is 0 Å².